The van der Waals surface area contributed by atoms with Crippen LogP contribution in [0, 0.1) is 16.7 Å². The average molecular weight is 516 g/mol. The molecule has 2 heterocycles. The molecule has 0 spiro atoms. The van der Waals surface area contributed by atoms with Gasteiger partial charge >= 0.3 is 6.02 Å². The molecule has 0 aliphatic carbocycles. The van der Waals surface area contributed by atoms with E-state index >= 15 is 0 Å². The number of rotatable bonds is 7. The molecule has 4 rings (SSSR count). The van der Waals surface area contributed by atoms with Gasteiger partial charge in [0.15, 0.2) is 11.8 Å². The monoisotopic (exact) mass is 516 g/mol. The number of nitrogens with one attached hydrogen (secondary N) is 4. The minimum Gasteiger partial charge on any atom is -0.436 e. The van der Waals surface area contributed by atoms with Gasteiger partial charge in [-0.1, -0.05) is 6.07 Å². The van der Waals surface area contributed by atoms with Gasteiger partial charge in [0.2, 0.25) is 11.8 Å². The number of nitrogens with two attached hydrogens (primary N) is 3. The number of ether oxygens (including phenoxy) is 2. The molecule has 2 aliphatic heterocycles. The number of anilines is 1. The van der Waals surface area contributed by atoms with Crippen molar-refractivity contribution in [1.29, 1.82) is 10.7 Å². The van der Waals surface area contributed by atoms with Crippen LogP contribution in [0.1, 0.15) is 22.3 Å². The number of aliphatic imine (C=N–C) groups is 2. The molecule has 15 heteroatoms. The number of amides is 3. The Bertz CT molecular complexity index is 1500. The van der Waals surface area contributed by atoms with Gasteiger partial charge in [-0.3, -0.25) is 30.1 Å². The van der Waals surface area contributed by atoms with Crippen molar-refractivity contribution in [1.82, 2.24) is 10.6 Å². The van der Waals surface area contributed by atoms with Gasteiger partial charge < -0.3 is 37.3 Å². The average Bonchev–Trinajstić information content (AvgIpc) is 2.84. The Hall–Kier alpha value is -5.91. The van der Waals surface area contributed by atoms with Crippen LogP contribution in [0.5, 0.6) is 11.5 Å². The van der Waals surface area contributed by atoms with Crippen LogP contribution in [0.15, 0.2) is 64.0 Å². The van der Waals surface area contributed by atoms with E-state index in [0.29, 0.717) is 5.69 Å². The first-order chi connectivity index (χ1) is 18.1. The highest BCUT2D eigenvalue weighted by molar-refractivity contribution is 6.14. The van der Waals surface area contributed by atoms with Crippen molar-refractivity contribution < 1.29 is 23.9 Å². The van der Waals surface area contributed by atoms with Crippen molar-refractivity contribution in [3.63, 3.8) is 0 Å². The molecule has 0 radical (unpaired) electrons. The van der Waals surface area contributed by atoms with Crippen LogP contribution < -0.4 is 42.6 Å². The number of hydrogen-bond donors (Lipinski definition) is 7. The third-order valence-electron chi connectivity index (χ3n) is 5.02. The molecule has 0 saturated carbocycles. The van der Waals surface area contributed by atoms with Crippen molar-refractivity contribution in [3.05, 3.63) is 65.2 Å². The van der Waals surface area contributed by atoms with Gasteiger partial charge in [-0.2, -0.15) is 10.3 Å². The zero-order valence-electron chi connectivity index (χ0n) is 19.4. The number of primary amides is 2. The third-order valence-corrected chi connectivity index (χ3v) is 5.02. The van der Waals surface area contributed by atoms with E-state index in [0.717, 1.165) is 0 Å². The maximum atomic E-state index is 12.6. The predicted octanol–water partition coefficient (Wildman–Crippen LogP) is -0.679. The van der Waals surface area contributed by atoms with Crippen LogP contribution in [0.3, 0.4) is 0 Å². The number of carbonyl (C=O) groups is 3. The molecule has 0 saturated heterocycles. The topological polar surface area (TPSA) is 256 Å². The smallest absolute Gasteiger partial charge is 0.304 e. The summed E-state index contributed by atoms with van der Waals surface area (Å²) in [6, 6.07) is 11.0. The van der Waals surface area contributed by atoms with E-state index in [2.05, 4.69) is 25.9 Å². The zero-order valence-corrected chi connectivity index (χ0v) is 19.4. The Morgan fingerprint density at radius 2 is 1.92 bits per heavy atom. The quantitative estimate of drug-likeness (QED) is 0.181. The Kier molecular flexibility index (Phi) is 6.88. The van der Waals surface area contributed by atoms with Crippen molar-refractivity contribution in [2.24, 2.45) is 27.2 Å². The van der Waals surface area contributed by atoms with E-state index in [1.165, 1.54) is 24.3 Å². The van der Waals surface area contributed by atoms with Gasteiger partial charge in [0.25, 0.3) is 11.8 Å². The fraction of sp³-hybridized carbons (Fsp3) is 0.0870. The van der Waals surface area contributed by atoms with Crippen LogP contribution in [-0.2, 0) is 9.59 Å². The highest BCUT2D eigenvalue weighted by atomic mass is 16.5. The third kappa shape index (κ3) is 5.66. The van der Waals surface area contributed by atoms with Crippen LogP contribution in [0.2, 0.25) is 0 Å². The summed E-state index contributed by atoms with van der Waals surface area (Å²) in [5.41, 5.74) is 16.6. The summed E-state index contributed by atoms with van der Waals surface area (Å²) in [6.07, 6.45) is -0.359. The lowest BCUT2D eigenvalue weighted by molar-refractivity contribution is -0.126. The lowest BCUT2D eigenvalue weighted by Crippen LogP contribution is -2.51. The summed E-state index contributed by atoms with van der Waals surface area (Å²) >= 11 is 0. The second-order valence-electron chi connectivity index (χ2n) is 7.83. The lowest BCUT2D eigenvalue weighted by Gasteiger charge is -2.27. The minimum absolute atomic E-state index is 0.0205. The van der Waals surface area contributed by atoms with Crippen molar-refractivity contribution >= 4 is 41.2 Å². The zero-order chi connectivity index (χ0) is 27.4. The highest BCUT2D eigenvalue weighted by Gasteiger charge is 2.34. The molecule has 2 aromatic rings. The van der Waals surface area contributed by atoms with E-state index in [4.69, 9.17) is 32.1 Å². The van der Waals surface area contributed by atoms with Crippen LogP contribution >= 0.6 is 0 Å². The molecule has 38 heavy (non-hydrogen) atoms. The number of carbonyl (C=O) groups excluding carboxylic acids is 3. The molecule has 3 amide bonds. The van der Waals surface area contributed by atoms with E-state index < -0.39 is 23.8 Å². The number of benzene rings is 2. The standard InChI is InChI=1S/C23H20N10O5/c24-9-10-4-5-13(18(26)35)15(6-10)38-21-17-19(30-14(8-16(25)34)20(36)31-17)32-23(33-21)37-12-3-1-2-11(7-12)29-22(27)28/h1-7,14H,8H2,(H2,25,34)(H2,26,35)(H,31,36)(H4,27,28,29)(H,30,32,33). The Labute approximate surface area is 214 Å². The highest BCUT2D eigenvalue weighted by Crippen LogP contribution is 2.26. The molecular formula is C23H20N10O5. The first kappa shape index (κ1) is 25.2. The maximum absolute atomic E-state index is 12.6. The van der Waals surface area contributed by atoms with Gasteiger partial charge in [-0.15, -0.1) is 0 Å². The first-order valence-corrected chi connectivity index (χ1v) is 10.8. The van der Waals surface area contributed by atoms with Crippen molar-refractivity contribution in [3.8, 4) is 17.6 Å². The second kappa shape index (κ2) is 10.4. The molecule has 15 nitrogen and oxygen atoms in total. The maximum Gasteiger partial charge on any atom is 0.304 e. The molecule has 2 aliphatic rings. The molecule has 2 aromatic carbocycles. The van der Waals surface area contributed by atoms with Crippen LogP contribution in [-0.4, -0.2) is 41.6 Å². The lowest BCUT2D eigenvalue weighted by atomic mass is 10.1. The Balaban J connectivity index is 1.76. The number of nitriles is 1. The molecule has 0 fully saturated rings. The Morgan fingerprint density at radius 3 is 2.61 bits per heavy atom. The summed E-state index contributed by atoms with van der Waals surface area (Å²) in [5, 5.41) is 24.6. The van der Waals surface area contributed by atoms with Gasteiger partial charge in [0.1, 0.15) is 23.2 Å². The number of hydrogen-bond acceptors (Lipinski definition) is 10. The summed E-state index contributed by atoms with van der Waals surface area (Å²) in [4.78, 5) is 44.5. The molecule has 10 N–H and O–H groups in total. The number of nitrogens with zero attached hydrogens (tertiary/aromatic N) is 3. The van der Waals surface area contributed by atoms with Crippen LogP contribution in [0.4, 0.5) is 5.69 Å². The second-order valence-corrected chi connectivity index (χ2v) is 7.83. The summed E-state index contributed by atoms with van der Waals surface area (Å²) < 4.78 is 11.6. The van der Waals surface area contributed by atoms with Gasteiger partial charge in [0, 0.05) is 11.8 Å². The van der Waals surface area contributed by atoms with Gasteiger partial charge in [-0.25, -0.2) is 0 Å². The molecular weight excluding hydrogens is 496 g/mol. The van der Waals surface area contributed by atoms with Gasteiger partial charge in [-0.05, 0) is 30.3 Å². The largest absolute Gasteiger partial charge is 0.436 e. The first-order valence-electron chi connectivity index (χ1n) is 10.8. The SMILES string of the molecule is N#Cc1ccc(C(N)=O)c(OC2=C3NC(=O)C(CC(N)=O)N=C3NC(Oc3cccc(NC(=N)N)c3)=N2)c1. The number of fused-ring (bicyclic) bond motifs is 1. The van der Waals surface area contributed by atoms with E-state index in [1.807, 2.05) is 6.07 Å². The fourth-order valence-electron chi connectivity index (χ4n) is 3.41. The van der Waals surface area contributed by atoms with Gasteiger partial charge in [0.05, 0.1) is 23.6 Å². The van der Waals surface area contributed by atoms with E-state index in [-0.39, 0.29) is 58.4 Å². The summed E-state index contributed by atoms with van der Waals surface area (Å²) in [5.74, 6) is -2.56. The number of amidine groups is 2. The number of guanidine groups is 1. The molecule has 0 bridgehead atoms. The molecule has 192 valence electrons. The Morgan fingerprint density at radius 1 is 1.13 bits per heavy atom. The summed E-state index contributed by atoms with van der Waals surface area (Å²) in [6.45, 7) is 0. The minimum atomic E-state index is -1.13. The van der Waals surface area contributed by atoms with E-state index in [9.17, 15) is 19.6 Å². The van der Waals surface area contributed by atoms with E-state index in [1.54, 1.807) is 18.2 Å². The van der Waals surface area contributed by atoms with Crippen molar-refractivity contribution in [2.45, 2.75) is 12.5 Å². The normalized spacial score (nSPS) is 16.0. The van der Waals surface area contributed by atoms with Crippen molar-refractivity contribution in [2.75, 3.05) is 5.32 Å². The molecule has 1 unspecified atom stereocenters. The fourth-order valence-corrected chi connectivity index (χ4v) is 3.41. The summed E-state index contributed by atoms with van der Waals surface area (Å²) in [7, 11) is 0. The predicted molar refractivity (Wildman–Crippen MR) is 134 cm³/mol. The molecule has 0 aromatic heterocycles. The van der Waals surface area contributed by atoms with Crippen LogP contribution in [0.25, 0.3) is 0 Å². The molecule has 1 atom stereocenters.